The van der Waals surface area contributed by atoms with Gasteiger partial charge in [-0.05, 0) is 48.7 Å². The van der Waals surface area contributed by atoms with Gasteiger partial charge in [0, 0.05) is 31.8 Å². The van der Waals surface area contributed by atoms with Crippen LogP contribution in [0.3, 0.4) is 0 Å². The molecule has 0 aliphatic carbocycles. The second kappa shape index (κ2) is 8.16. The maximum absolute atomic E-state index is 10.7. The molecule has 6 nitrogen and oxygen atoms in total. The predicted octanol–water partition coefficient (Wildman–Crippen LogP) is 4.11. The summed E-state index contributed by atoms with van der Waals surface area (Å²) in [4.78, 5) is 12.6. The second-order valence-corrected chi connectivity index (χ2v) is 13.5. The highest BCUT2D eigenvalue weighted by Gasteiger charge is 2.40. The molecule has 1 N–H and O–H groups in total. The van der Waals surface area contributed by atoms with Crippen LogP contribution in [0.2, 0.25) is 18.1 Å². The minimum atomic E-state index is -1.74. The zero-order valence-corrected chi connectivity index (χ0v) is 17.6. The molecule has 0 amide bonds. The van der Waals surface area contributed by atoms with E-state index in [0.717, 1.165) is 31.6 Å². The summed E-state index contributed by atoms with van der Waals surface area (Å²) in [6.45, 7) is 14.1. The van der Waals surface area contributed by atoms with E-state index in [0.29, 0.717) is 6.42 Å². The molecule has 26 heavy (non-hydrogen) atoms. The van der Waals surface area contributed by atoms with E-state index in [9.17, 15) is 15.2 Å². The summed E-state index contributed by atoms with van der Waals surface area (Å²) < 4.78 is 6.49. The molecular formula is C19H32N2O4Si. The number of nitrogens with zero attached hydrogens (tertiary/aromatic N) is 2. The van der Waals surface area contributed by atoms with E-state index in [1.807, 2.05) is 0 Å². The molecule has 1 unspecified atom stereocenters. The van der Waals surface area contributed by atoms with Crippen molar-refractivity contribution in [3.8, 4) is 0 Å². The van der Waals surface area contributed by atoms with Crippen LogP contribution in [-0.2, 0) is 4.43 Å². The lowest BCUT2D eigenvalue weighted by molar-refractivity contribution is -0.384. The number of likely N-dealkylation sites (tertiary alicyclic amines) is 1. The van der Waals surface area contributed by atoms with Gasteiger partial charge in [-0.1, -0.05) is 20.8 Å². The van der Waals surface area contributed by atoms with E-state index >= 15 is 0 Å². The Hall–Kier alpha value is -1.28. The first kappa shape index (κ1) is 21.0. The first-order valence-corrected chi connectivity index (χ1v) is 12.2. The molecule has 0 spiro atoms. The normalized spacial score (nSPS) is 20.3. The van der Waals surface area contributed by atoms with Gasteiger partial charge in [0.1, 0.15) is 0 Å². The number of non-ortho nitro benzene ring substituents is 1. The number of rotatable bonds is 7. The lowest BCUT2D eigenvalue weighted by Gasteiger charge is -2.38. The largest absolute Gasteiger partial charge is 0.413 e. The quantitative estimate of drug-likeness (QED) is 0.437. The third kappa shape index (κ3) is 5.36. The van der Waals surface area contributed by atoms with Gasteiger partial charge in [-0.25, -0.2) is 0 Å². The van der Waals surface area contributed by atoms with Crippen LogP contribution in [0.15, 0.2) is 24.3 Å². The fraction of sp³-hybridized carbons (Fsp3) is 0.684. The summed E-state index contributed by atoms with van der Waals surface area (Å²) in [6.07, 6.45) is 1.34. The zero-order valence-electron chi connectivity index (χ0n) is 16.6. The SMILES string of the molecule is CC(C)(C)[Si](C)(C)OC1CCN(CC[C@@H](O)c2ccc([N+](=O)[O-])cc2)C1. The van der Waals surface area contributed by atoms with Gasteiger partial charge in [0.25, 0.3) is 5.69 Å². The van der Waals surface area contributed by atoms with Gasteiger partial charge >= 0.3 is 0 Å². The summed E-state index contributed by atoms with van der Waals surface area (Å²) >= 11 is 0. The van der Waals surface area contributed by atoms with Crippen molar-refractivity contribution in [1.82, 2.24) is 4.90 Å². The third-order valence-electron chi connectivity index (χ3n) is 5.70. The summed E-state index contributed by atoms with van der Waals surface area (Å²) in [7, 11) is -1.74. The fourth-order valence-corrected chi connectivity index (χ4v) is 4.36. The van der Waals surface area contributed by atoms with Crippen LogP contribution >= 0.6 is 0 Å². The Morgan fingerprint density at radius 2 is 1.96 bits per heavy atom. The van der Waals surface area contributed by atoms with Gasteiger partial charge in [0.15, 0.2) is 8.32 Å². The summed E-state index contributed by atoms with van der Waals surface area (Å²) in [5.41, 5.74) is 0.773. The van der Waals surface area contributed by atoms with Crippen molar-refractivity contribution in [3.05, 3.63) is 39.9 Å². The highest BCUT2D eigenvalue weighted by atomic mass is 28.4. The molecular weight excluding hydrogens is 348 g/mol. The van der Waals surface area contributed by atoms with Crippen LogP contribution in [0.25, 0.3) is 0 Å². The van der Waals surface area contributed by atoms with E-state index in [2.05, 4.69) is 38.8 Å². The van der Waals surface area contributed by atoms with Crippen molar-refractivity contribution >= 4 is 14.0 Å². The van der Waals surface area contributed by atoms with Gasteiger partial charge in [0.2, 0.25) is 0 Å². The van der Waals surface area contributed by atoms with Gasteiger partial charge in [-0.2, -0.15) is 0 Å². The first-order valence-electron chi connectivity index (χ1n) is 9.32. The van der Waals surface area contributed by atoms with Crippen molar-refractivity contribution in [2.75, 3.05) is 19.6 Å². The maximum Gasteiger partial charge on any atom is 0.269 e. The molecule has 1 fully saturated rings. The first-order chi connectivity index (χ1) is 12.0. The van der Waals surface area contributed by atoms with E-state index in [-0.39, 0.29) is 16.8 Å². The Morgan fingerprint density at radius 1 is 1.35 bits per heavy atom. The number of hydrogen-bond donors (Lipinski definition) is 1. The molecule has 2 atom stereocenters. The molecule has 2 rings (SSSR count). The van der Waals surface area contributed by atoms with E-state index in [4.69, 9.17) is 4.43 Å². The van der Waals surface area contributed by atoms with Crippen LogP contribution in [-0.4, -0.2) is 49.0 Å². The van der Waals surface area contributed by atoms with Gasteiger partial charge in [0.05, 0.1) is 17.1 Å². The molecule has 7 heteroatoms. The fourth-order valence-electron chi connectivity index (χ4n) is 2.98. The van der Waals surface area contributed by atoms with E-state index in [1.165, 1.54) is 12.1 Å². The van der Waals surface area contributed by atoms with Crippen LogP contribution in [0.5, 0.6) is 0 Å². The highest BCUT2D eigenvalue weighted by molar-refractivity contribution is 6.74. The lowest BCUT2D eigenvalue weighted by atomic mass is 10.1. The van der Waals surface area contributed by atoms with Gasteiger partial charge < -0.3 is 14.4 Å². The number of aliphatic hydroxyl groups excluding tert-OH is 1. The average Bonchev–Trinajstić information content (AvgIpc) is 2.98. The average molecular weight is 381 g/mol. The Balaban J connectivity index is 1.81. The Bertz CT molecular complexity index is 613. The van der Waals surface area contributed by atoms with Gasteiger partial charge in [-0.15, -0.1) is 0 Å². The Labute approximate surface area is 157 Å². The van der Waals surface area contributed by atoms with E-state index < -0.39 is 19.3 Å². The molecule has 1 heterocycles. The maximum atomic E-state index is 10.7. The van der Waals surface area contributed by atoms with Crippen LogP contribution < -0.4 is 0 Å². The molecule has 146 valence electrons. The molecule has 1 aromatic rings. The standard InChI is InChI=1S/C19H32N2O4Si/c1-19(2,3)26(4,5)25-17-10-12-20(14-17)13-11-18(22)15-6-8-16(9-7-15)21(23)24/h6-9,17-18,22H,10-14H2,1-5H3/t17?,18-/m1/s1. The molecule has 0 aromatic heterocycles. The molecule has 1 aliphatic heterocycles. The smallest absolute Gasteiger partial charge is 0.269 e. The Morgan fingerprint density at radius 3 is 2.50 bits per heavy atom. The Kier molecular flexibility index (Phi) is 6.60. The number of nitro benzene ring substituents is 1. The second-order valence-electron chi connectivity index (χ2n) is 8.74. The predicted molar refractivity (Wildman–Crippen MR) is 106 cm³/mol. The molecule has 0 bridgehead atoms. The molecule has 0 radical (unpaired) electrons. The van der Waals surface area contributed by atoms with Crippen LogP contribution in [0.4, 0.5) is 5.69 Å². The zero-order chi connectivity index (χ0) is 19.5. The minimum absolute atomic E-state index is 0.0473. The van der Waals surface area contributed by atoms with Crippen molar-refractivity contribution in [1.29, 1.82) is 0 Å². The number of aliphatic hydroxyl groups is 1. The number of nitro groups is 1. The van der Waals surface area contributed by atoms with Crippen molar-refractivity contribution < 1.29 is 14.5 Å². The van der Waals surface area contributed by atoms with E-state index in [1.54, 1.807) is 12.1 Å². The van der Waals surface area contributed by atoms with Crippen molar-refractivity contribution in [2.24, 2.45) is 0 Å². The molecule has 1 aromatic carbocycles. The topological polar surface area (TPSA) is 75.8 Å². The number of hydrogen-bond acceptors (Lipinski definition) is 5. The van der Waals surface area contributed by atoms with Crippen LogP contribution in [0.1, 0.15) is 45.3 Å². The van der Waals surface area contributed by atoms with Gasteiger partial charge in [-0.3, -0.25) is 10.1 Å². The summed E-state index contributed by atoms with van der Waals surface area (Å²) in [6, 6.07) is 6.15. The van der Waals surface area contributed by atoms with Crippen molar-refractivity contribution in [2.45, 2.75) is 64.0 Å². The minimum Gasteiger partial charge on any atom is -0.413 e. The summed E-state index contributed by atoms with van der Waals surface area (Å²) in [5, 5.41) is 21.3. The molecule has 1 saturated heterocycles. The molecule has 0 saturated carbocycles. The number of benzene rings is 1. The third-order valence-corrected chi connectivity index (χ3v) is 10.2. The lowest BCUT2D eigenvalue weighted by Crippen LogP contribution is -2.44. The highest BCUT2D eigenvalue weighted by Crippen LogP contribution is 2.38. The monoisotopic (exact) mass is 380 g/mol. The summed E-state index contributed by atoms with van der Waals surface area (Å²) in [5.74, 6) is 0. The van der Waals surface area contributed by atoms with Crippen molar-refractivity contribution in [3.63, 3.8) is 0 Å². The molecule has 1 aliphatic rings. The van der Waals surface area contributed by atoms with Crippen LogP contribution in [0, 0.1) is 10.1 Å².